The summed E-state index contributed by atoms with van der Waals surface area (Å²) >= 11 is 0. The Kier molecular flexibility index (Phi) is 4.60. The van der Waals surface area contributed by atoms with E-state index in [2.05, 4.69) is 21.1 Å². The van der Waals surface area contributed by atoms with E-state index in [-0.39, 0.29) is 0 Å². The highest BCUT2D eigenvalue weighted by Gasteiger charge is 2.19. The summed E-state index contributed by atoms with van der Waals surface area (Å²) in [6.07, 6.45) is 1.74. The van der Waals surface area contributed by atoms with Gasteiger partial charge in [-0.2, -0.15) is 0 Å². The predicted molar refractivity (Wildman–Crippen MR) is 106 cm³/mol. The number of hydrogen-bond acceptors (Lipinski definition) is 7. The topological polar surface area (TPSA) is 77.4 Å². The van der Waals surface area contributed by atoms with Gasteiger partial charge in [0.25, 0.3) is 0 Å². The van der Waals surface area contributed by atoms with Crippen LogP contribution < -0.4 is 4.74 Å². The molecule has 0 unspecified atom stereocenters. The molecule has 0 aromatic carbocycles. The van der Waals surface area contributed by atoms with Crippen LogP contribution in [0.5, 0.6) is 5.88 Å². The van der Waals surface area contributed by atoms with Crippen molar-refractivity contribution in [2.75, 3.05) is 21.2 Å². The number of nitrogens with zero attached hydrogens (tertiary/aromatic N) is 4. The van der Waals surface area contributed by atoms with Gasteiger partial charge in [-0.3, -0.25) is 0 Å². The van der Waals surface area contributed by atoms with E-state index in [4.69, 9.17) is 18.7 Å². The zero-order chi connectivity index (χ0) is 19.8. The van der Waals surface area contributed by atoms with Crippen molar-refractivity contribution in [1.82, 2.24) is 20.0 Å². The monoisotopic (exact) mass is 378 g/mol. The Morgan fingerprint density at radius 1 is 1.14 bits per heavy atom. The number of hydrogen-bond donors (Lipinski definition) is 0. The second-order valence-corrected chi connectivity index (χ2v) is 7.01. The molecule has 0 amide bonds. The smallest absolute Gasteiger partial charge is 0.212 e. The SMILES string of the molecule is COc1ccc(-c2nc(-c3c(C)noc3C)cc3cc(CN(C)C)oc23)cn1. The van der Waals surface area contributed by atoms with Gasteiger partial charge >= 0.3 is 0 Å². The quantitative estimate of drug-likeness (QED) is 0.514. The van der Waals surface area contributed by atoms with E-state index in [9.17, 15) is 0 Å². The van der Waals surface area contributed by atoms with E-state index in [1.165, 1.54) is 0 Å². The average Bonchev–Trinajstić information content (AvgIpc) is 3.22. The van der Waals surface area contributed by atoms with Crippen LogP contribution in [0.1, 0.15) is 17.2 Å². The number of ether oxygens (including phenoxy) is 1. The maximum Gasteiger partial charge on any atom is 0.212 e. The van der Waals surface area contributed by atoms with Crippen LogP contribution in [0.2, 0.25) is 0 Å². The molecule has 4 rings (SSSR count). The van der Waals surface area contributed by atoms with Crippen LogP contribution in [-0.4, -0.2) is 41.2 Å². The number of pyridine rings is 2. The summed E-state index contributed by atoms with van der Waals surface area (Å²) in [6, 6.07) is 7.82. The first-order valence-corrected chi connectivity index (χ1v) is 8.98. The minimum atomic E-state index is 0.551. The zero-order valence-corrected chi connectivity index (χ0v) is 16.6. The summed E-state index contributed by atoms with van der Waals surface area (Å²) in [5.74, 6) is 2.16. The summed E-state index contributed by atoms with van der Waals surface area (Å²) < 4.78 is 16.7. The van der Waals surface area contributed by atoms with E-state index in [1.54, 1.807) is 13.3 Å². The normalized spacial score (nSPS) is 11.5. The van der Waals surface area contributed by atoms with Crippen LogP contribution in [0.25, 0.3) is 33.5 Å². The lowest BCUT2D eigenvalue weighted by atomic mass is 10.1. The molecule has 0 spiro atoms. The van der Waals surface area contributed by atoms with Crippen LogP contribution in [0.4, 0.5) is 0 Å². The Morgan fingerprint density at radius 3 is 2.57 bits per heavy atom. The third-order valence-corrected chi connectivity index (χ3v) is 4.53. The summed E-state index contributed by atoms with van der Waals surface area (Å²) in [4.78, 5) is 11.3. The van der Waals surface area contributed by atoms with Gasteiger partial charge in [0.1, 0.15) is 17.2 Å². The molecule has 7 heteroatoms. The first-order valence-electron chi connectivity index (χ1n) is 8.98. The number of aryl methyl sites for hydroxylation is 2. The highest BCUT2D eigenvalue weighted by Crippen LogP contribution is 2.35. The molecule has 28 heavy (non-hydrogen) atoms. The third-order valence-electron chi connectivity index (χ3n) is 4.53. The van der Waals surface area contributed by atoms with Crippen molar-refractivity contribution in [2.45, 2.75) is 20.4 Å². The first kappa shape index (κ1) is 18.2. The molecule has 4 heterocycles. The van der Waals surface area contributed by atoms with Crippen molar-refractivity contribution in [3.63, 3.8) is 0 Å². The van der Waals surface area contributed by atoms with Gasteiger partial charge in [0, 0.05) is 23.2 Å². The van der Waals surface area contributed by atoms with Crippen molar-refractivity contribution in [3.8, 4) is 28.4 Å². The van der Waals surface area contributed by atoms with E-state index in [1.807, 2.05) is 46.1 Å². The molecule has 0 aliphatic heterocycles. The molecule has 4 aromatic rings. The lowest BCUT2D eigenvalue weighted by molar-refractivity contribution is 0.358. The number of fused-ring (bicyclic) bond motifs is 1. The molecule has 0 saturated carbocycles. The first-order chi connectivity index (χ1) is 13.5. The Hall–Kier alpha value is -3.19. The summed E-state index contributed by atoms with van der Waals surface area (Å²) in [6.45, 7) is 4.51. The fourth-order valence-electron chi connectivity index (χ4n) is 3.30. The maximum atomic E-state index is 6.15. The second kappa shape index (κ2) is 7.09. The lowest BCUT2D eigenvalue weighted by Gasteiger charge is -2.07. The molecular formula is C21H22N4O3. The number of rotatable bonds is 5. The van der Waals surface area contributed by atoms with E-state index < -0.39 is 0 Å². The number of aromatic nitrogens is 3. The Bertz CT molecular complexity index is 1110. The van der Waals surface area contributed by atoms with Crippen molar-refractivity contribution in [2.24, 2.45) is 0 Å². The van der Waals surface area contributed by atoms with Gasteiger partial charge in [-0.15, -0.1) is 0 Å². The van der Waals surface area contributed by atoms with Crippen molar-refractivity contribution in [3.05, 3.63) is 47.7 Å². The van der Waals surface area contributed by atoms with E-state index in [0.29, 0.717) is 12.4 Å². The molecule has 144 valence electrons. The molecule has 0 aliphatic carbocycles. The van der Waals surface area contributed by atoms with Crippen molar-refractivity contribution >= 4 is 11.0 Å². The molecule has 0 atom stereocenters. The van der Waals surface area contributed by atoms with Gasteiger partial charge in [-0.25, -0.2) is 9.97 Å². The Morgan fingerprint density at radius 2 is 1.96 bits per heavy atom. The molecule has 0 aliphatic rings. The van der Waals surface area contributed by atoms with Gasteiger partial charge in [0.05, 0.1) is 30.6 Å². The van der Waals surface area contributed by atoms with Crippen LogP contribution in [-0.2, 0) is 6.54 Å². The van der Waals surface area contributed by atoms with Gasteiger partial charge in [0.2, 0.25) is 5.88 Å². The molecular weight excluding hydrogens is 356 g/mol. The van der Waals surface area contributed by atoms with Gasteiger partial charge < -0.3 is 18.6 Å². The second-order valence-electron chi connectivity index (χ2n) is 7.01. The van der Waals surface area contributed by atoms with Crippen LogP contribution in [0.15, 0.2) is 39.4 Å². The summed E-state index contributed by atoms with van der Waals surface area (Å²) in [5, 5.41) is 5.05. The van der Waals surface area contributed by atoms with Crippen molar-refractivity contribution < 1.29 is 13.7 Å². The fraction of sp³-hybridized carbons (Fsp3) is 0.286. The van der Waals surface area contributed by atoms with Crippen molar-refractivity contribution in [1.29, 1.82) is 0 Å². The summed E-state index contributed by atoms with van der Waals surface area (Å²) in [5.41, 5.74) is 4.82. The van der Waals surface area contributed by atoms with Crippen LogP contribution >= 0.6 is 0 Å². The lowest BCUT2D eigenvalue weighted by Crippen LogP contribution is -2.09. The maximum absolute atomic E-state index is 6.15. The molecule has 0 saturated heterocycles. The predicted octanol–water partition coefficient (Wildman–Crippen LogP) is 4.23. The van der Waals surface area contributed by atoms with E-state index in [0.717, 1.165) is 50.7 Å². The Labute approximate surface area is 162 Å². The van der Waals surface area contributed by atoms with Gasteiger partial charge in [0.15, 0.2) is 5.58 Å². The highest BCUT2D eigenvalue weighted by molar-refractivity contribution is 5.93. The highest BCUT2D eigenvalue weighted by atomic mass is 16.5. The largest absolute Gasteiger partial charge is 0.481 e. The van der Waals surface area contributed by atoms with E-state index >= 15 is 0 Å². The molecule has 0 bridgehead atoms. The Balaban J connectivity index is 1.95. The molecule has 7 nitrogen and oxygen atoms in total. The molecule has 0 N–H and O–H groups in total. The number of furan rings is 1. The van der Waals surface area contributed by atoms with Gasteiger partial charge in [-0.05, 0) is 46.1 Å². The van der Waals surface area contributed by atoms with Crippen LogP contribution in [0.3, 0.4) is 0 Å². The molecule has 4 aromatic heterocycles. The van der Waals surface area contributed by atoms with Crippen LogP contribution in [0, 0.1) is 13.8 Å². The fourth-order valence-corrected chi connectivity index (χ4v) is 3.30. The van der Waals surface area contributed by atoms with Gasteiger partial charge in [-0.1, -0.05) is 5.16 Å². The zero-order valence-electron chi connectivity index (χ0n) is 16.6. The number of methoxy groups -OCH3 is 1. The standard InChI is InChI=1S/C21H22N4O3/c1-12-19(13(2)28-24-12)17-9-15-8-16(11-25(3)4)27-21(15)20(23-17)14-6-7-18(26-5)22-10-14/h6-10H,11H2,1-5H3. The third kappa shape index (κ3) is 3.25. The molecule has 0 fully saturated rings. The summed E-state index contributed by atoms with van der Waals surface area (Å²) in [7, 11) is 5.61. The minimum absolute atomic E-state index is 0.551. The molecule has 0 radical (unpaired) electrons. The minimum Gasteiger partial charge on any atom is -0.481 e. The average molecular weight is 378 g/mol.